The molecule has 1 saturated carbocycles. The number of carbonyl (C=O) groups excluding carboxylic acids is 1. The van der Waals surface area contributed by atoms with Gasteiger partial charge in [0.25, 0.3) is 0 Å². The molecular formula is C13H19NO2S. The lowest BCUT2D eigenvalue weighted by Gasteiger charge is -2.34. The summed E-state index contributed by atoms with van der Waals surface area (Å²) in [6, 6.07) is 3.90. The number of thiophene rings is 1. The van der Waals surface area contributed by atoms with E-state index in [4.69, 9.17) is 0 Å². The fraction of sp³-hybridized carbons (Fsp3) is 0.615. The van der Waals surface area contributed by atoms with Crippen LogP contribution < -0.4 is 0 Å². The number of aliphatic hydroxyl groups is 1. The number of hydrogen-bond acceptors (Lipinski definition) is 4. The average molecular weight is 253 g/mol. The molecule has 2 atom stereocenters. The molecule has 2 rings (SSSR count). The van der Waals surface area contributed by atoms with Crippen molar-refractivity contribution in [2.75, 3.05) is 13.6 Å². The fourth-order valence-electron chi connectivity index (χ4n) is 2.46. The summed E-state index contributed by atoms with van der Waals surface area (Å²) in [6.45, 7) is 0.405. The summed E-state index contributed by atoms with van der Waals surface area (Å²) in [7, 11) is 1.94. The maximum Gasteiger partial charge on any atom is 0.186 e. The Hall–Kier alpha value is -0.710. The zero-order chi connectivity index (χ0) is 12.3. The van der Waals surface area contributed by atoms with Gasteiger partial charge in [0.15, 0.2) is 5.78 Å². The minimum Gasteiger partial charge on any atom is -0.391 e. The molecule has 1 aromatic rings. The molecule has 0 aromatic carbocycles. The van der Waals surface area contributed by atoms with E-state index in [1.807, 2.05) is 29.5 Å². The van der Waals surface area contributed by atoms with Gasteiger partial charge in [0, 0.05) is 6.04 Å². The molecule has 1 fully saturated rings. The van der Waals surface area contributed by atoms with Gasteiger partial charge >= 0.3 is 0 Å². The summed E-state index contributed by atoms with van der Waals surface area (Å²) in [4.78, 5) is 14.8. The molecule has 0 amide bonds. The molecule has 17 heavy (non-hydrogen) atoms. The number of nitrogens with zero attached hydrogens (tertiary/aromatic N) is 1. The predicted molar refractivity (Wildman–Crippen MR) is 69.5 cm³/mol. The van der Waals surface area contributed by atoms with Gasteiger partial charge in [-0.25, -0.2) is 0 Å². The number of likely N-dealkylation sites (N-methyl/N-ethyl adjacent to an activating group) is 1. The Labute approximate surface area is 106 Å². The second-order valence-corrected chi connectivity index (χ2v) is 5.68. The van der Waals surface area contributed by atoms with Gasteiger partial charge in [-0.15, -0.1) is 11.3 Å². The van der Waals surface area contributed by atoms with Crippen LogP contribution in [-0.4, -0.2) is 41.5 Å². The third-order valence-corrected chi connectivity index (χ3v) is 4.36. The van der Waals surface area contributed by atoms with Crippen molar-refractivity contribution in [2.45, 2.75) is 37.8 Å². The predicted octanol–water partition coefficient (Wildman–Crippen LogP) is 2.17. The van der Waals surface area contributed by atoms with Gasteiger partial charge in [0.2, 0.25) is 0 Å². The monoisotopic (exact) mass is 253 g/mol. The van der Waals surface area contributed by atoms with E-state index in [-0.39, 0.29) is 17.9 Å². The molecule has 94 valence electrons. The van der Waals surface area contributed by atoms with Crippen LogP contribution in [0.3, 0.4) is 0 Å². The molecule has 0 aliphatic heterocycles. The molecule has 3 nitrogen and oxygen atoms in total. The topological polar surface area (TPSA) is 40.5 Å². The first-order valence-electron chi connectivity index (χ1n) is 6.13. The first kappa shape index (κ1) is 12.7. The Morgan fingerprint density at radius 1 is 1.53 bits per heavy atom. The maximum atomic E-state index is 12.0. The van der Waals surface area contributed by atoms with Crippen molar-refractivity contribution < 1.29 is 9.90 Å². The van der Waals surface area contributed by atoms with Crippen molar-refractivity contribution >= 4 is 17.1 Å². The van der Waals surface area contributed by atoms with Crippen LogP contribution in [0.4, 0.5) is 0 Å². The van der Waals surface area contributed by atoms with Crippen LogP contribution in [0.1, 0.15) is 35.4 Å². The van der Waals surface area contributed by atoms with E-state index in [0.717, 1.165) is 30.6 Å². The molecule has 0 bridgehead atoms. The lowest BCUT2D eigenvalue weighted by atomic mass is 9.91. The minimum atomic E-state index is -0.273. The highest BCUT2D eigenvalue weighted by Crippen LogP contribution is 2.22. The van der Waals surface area contributed by atoms with Crippen LogP contribution in [0, 0.1) is 0 Å². The Balaban J connectivity index is 1.92. The van der Waals surface area contributed by atoms with Crippen LogP contribution in [0.15, 0.2) is 17.5 Å². The zero-order valence-electron chi connectivity index (χ0n) is 10.1. The third kappa shape index (κ3) is 3.15. The van der Waals surface area contributed by atoms with Crippen LogP contribution in [0.2, 0.25) is 0 Å². The number of ketones is 1. The van der Waals surface area contributed by atoms with E-state index in [0.29, 0.717) is 6.54 Å². The van der Waals surface area contributed by atoms with E-state index < -0.39 is 0 Å². The Bertz CT molecular complexity index is 364. The number of rotatable bonds is 4. The van der Waals surface area contributed by atoms with Crippen molar-refractivity contribution in [2.24, 2.45) is 0 Å². The van der Waals surface area contributed by atoms with Crippen LogP contribution in [0.5, 0.6) is 0 Å². The van der Waals surface area contributed by atoms with Gasteiger partial charge in [-0.05, 0) is 31.3 Å². The number of carbonyl (C=O) groups is 1. The van der Waals surface area contributed by atoms with Crippen molar-refractivity contribution in [3.63, 3.8) is 0 Å². The van der Waals surface area contributed by atoms with Gasteiger partial charge in [-0.3, -0.25) is 9.69 Å². The quantitative estimate of drug-likeness (QED) is 0.836. The normalized spacial score (nSPS) is 25.1. The highest BCUT2D eigenvalue weighted by Gasteiger charge is 2.27. The average Bonchev–Trinajstić information content (AvgIpc) is 2.82. The van der Waals surface area contributed by atoms with Crippen molar-refractivity contribution in [1.82, 2.24) is 4.90 Å². The lowest BCUT2D eigenvalue weighted by molar-refractivity contribution is 0.0323. The second kappa shape index (κ2) is 5.76. The van der Waals surface area contributed by atoms with Crippen LogP contribution >= 0.6 is 11.3 Å². The highest BCUT2D eigenvalue weighted by molar-refractivity contribution is 7.12. The fourth-order valence-corrected chi connectivity index (χ4v) is 3.12. The summed E-state index contributed by atoms with van der Waals surface area (Å²) in [5, 5.41) is 11.9. The van der Waals surface area contributed by atoms with E-state index in [9.17, 15) is 9.90 Å². The highest BCUT2D eigenvalue weighted by atomic mass is 32.1. The van der Waals surface area contributed by atoms with E-state index in [2.05, 4.69) is 0 Å². The van der Waals surface area contributed by atoms with Crippen molar-refractivity contribution in [3.8, 4) is 0 Å². The van der Waals surface area contributed by atoms with Gasteiger partial charge in [-0.2, -0.15) is 0 Å². The molecule has 0 saturated heterocycles. The Morgan fingerprint density at radius 3 is 2.94 bits per heavy atom. The summed E-state index contributed by atoms with van der Waals surface area (Å²) in [6.07, 6.45) is 3.84. The molecule has 4 heteroatoms. The van der Waals surface area contributed by atoms with E-state index in [1.54, 1.807) is 0 Å². The first-order chi connectivity index (χ1) is 8.18. The summed E-state index contributed by atoms with van der Waals surface area (Å²) >= 11 is 1.48. The lowest BCUT2D eigenvalue weighted by Crippen LogP contribution is -2.45. The van der Waals surface area contributed by atoms with Crippen molar-refractivity contribution in [1.29, 1.82) is 0 Å². The largest absolute Gasteiger partial charge is 0.391 e. The number of Topliss-reactive ketones (excluding diaryl/α,β-unsaturated/α-hetero) is 1. The molecule has 1 aromatic heterocycles. The van der Waals surface area contributed by atoms with Crippen molar-refractivity contribution in [3.05, 3.63) is 22.4 Å². The molecule has 1 N–H and O–H groups in total. The smallest absolute Gasteiger partial charge is 0.186 e. The zero-order valence-corrected chi connectivity index (χ0v) is 10.9. The molecule has 1 aliphatic carbocycles. The van der Waals surface area contributed by atoms with Gasteiger partial charge in [0.1, 0.15) is 0 Å². The second-order valence-electron chi connectivity index (χ2n) is 4.73. The summed E-state index contributed by atoms with van der Waals surface area (Å²) in [5.41, 5.74) is 0. The summed E-state index contributed by atoms with van der Waals surface area (Å²) in [5.74, 6) is 0.153. The molecule has 0 spiro atoms. The Morgan fingerprint density at radius 2 is 2.29 bits per heavy atom. The van der Waals surface area contributed by atoms with Crippen LogP contribution in [-0.2, 0) is 0 Å². The van der Waals surface area contributed by atoms with Gasteiger partial charge < -0.3 is 5.11 Å². The summed E-state index contributed by atoms with van der Waals surface area (Å²) < 4.78 is 0. The van der Waals surface area contributed by atoms with Gasteiger partial charge in [0.05, 0.1) is 17.5 Å². The molecule has 1 aliphatic rings. The number of hydrogen-bond donors (Lipinski definition) is 1. The third-order valence-electron chi connectivity index (χ3n) is 3.45. The standard InChI is InChI=1S/C13H19NO2S/c1-14(10-5-2-3-6-11(10)15)9-12(16)13-7-4-8-17-13/h4,7-8,10-11,15H,2-3,5-6,9H2,1H3. The number of aliphatic hydroxyl groups excluding tert-OH is 1. The molecule has 1 heterocycles. The van der Waals surface area contributed by atoms with Crippen LogP contribution in [0.25, 0.3) is 0 Å². The maximum absolute atomic E-state index is 12.0. The SMILES string of the molecule is CN(CC(=O)c1cccs1)C1CCCCC1O. The minimum absolute atomic E-state index is 0.146. The molecule has 2 unspecified atom stereocenters. The Kier molecular flexibility index (Phi) is 4.31. The first-order valence-corrected chi connectivity index (χ1v) is 7.01. The molecular weight excluding hydrogens is 234 g/mol. The van der Waals surface area contributed by atoms with E-state index >= 15 is 0 Å². The molecule has 0 radical (unpaired) electrons. The van der Waals surface area contributed by atoms with Gasteiger partial charge in [-0.1, -0.05) is 18.9 Å². The van der Waals surface area contributed by atoms with E-state index in [1.165, 1.54) is 11.3 Å².